The molecule has 3 aromatic carbocycles. The number of carboxylic acid groups (broad SMARTS) is 1. The molecule has 3 rings (SSSR count). The lowest BCUT2D eigenvalue weighted by atomic mass is 10.0. The SMILES string of the molecule is Cl.NC(N)=Nc1ccc(C(=O)Oc2ccc(CCCC(=O)N[C@@H](Cc3ccccc3)C(=O)O)c(Cl)c2)cc1. The molecule has 0 radical (unpaired) electrons. The summed E-state index contributed by atoms with van der Waals surface area (Å²) in [5.41, 5.74) is 13.1. The number of aliphatic carboxylic acids is 1. The number of amides is 1. The van der Waals surface area contributed by atoms with Gasteiger partial charge in [-0.05, 0) is 60.4 Å². The Labute approximate surface area is 231 Å². The lowest BCUT2D eigenvalue weighted by molar-refractivity contribution is -0.141. The minimum atomic E-state index is -1.09. The fourth-order valence-electron chi connectivity index (χ4n) is 3.54. The van der Waals surface area contributed by atoms with Crippen molar-refractivity contribution in [2.45, 2.75) is 31.7 Å². The normalized spacial score (nSPS) is 11.0. The van der Waals surface area contributed by atoms with Crippen molar-refractivity contribution in [3.05, 3.63) is 94.5 Å². The first-order chi connectivity index (χ1) is 17.7. The number of guanidine groups is 1. The van der Waals surface area contributed by atoms with Crippen LogP contribution in [0.25, 0.3) is 0 Å². The second kappa shape index (κ2) is 14.6. The Morgan fingerprint density at radius 1 is 1.00 bits per heavy atom. The van der Waals surface area contributed by atoms with Crippen molar-refractivity contribution < 1.29 is 24.2 Å². The quantitative estimate of drug-likeness (QED) is 0.120. The second-order valence-electron chi connectivity index (χ2n) is 8.23. The van der Waals surface area contributed by atoms with E-state index in [4.69, 9.17) is 27.8 Å². The summed E-state index contributed by atoms with van der Waals surface area (Å²) >= 11 is 6.35. The third-order valence-corrected chi connectivity index (χ3v) is 5.71. The number of rotatable bonds is 11. The molecular weight excluding hydrogens is 531 g/mol. The van der Waals surface area contributed by atoms with Crippen molar-refractivity contribution in [1.82, 2.24) is 5.32 Å². The number of carbonyl (C=O) groups excluding carboxylic acids is 2. The van der Waals surface area contributed by atoms with Crippen LogP contribution < -0.4 is 21.5 Å². The molecule has 6 N–H and O–H groups in total. The molecular formula is C27H28Cl2N4O5. The van der Waals surface area contributed by atoms with E-state index in [0.29, 0.717) is 29.1 Å². The summed E-state index contributed by atoms with van der Waals surface area (Å²) in [6.07, 6.45) is 1.30. The molecule has 0 bridgehead atoms. The lowest BCUT2D eigenvalue weighted by Gasteiger charge is -2.15. The predicted molar refractivity (Wildman–Crippen MR) is 148 cm³/mol. The van der Waals surface area contributed by atoms with Crippen LogP contribution in [0.4, 0.5) is 5.69 Å². The van der Waals surface area contributed by atoms with Crippen molar-refractivity contribution in [2.75, 3.05) is 0 Å². The zero-order chi connectivity index (χ0) is 26.8. The van der Waals surface area contributed by atoms with Crippen molar-refractivity contribution in [3.63, 3.8) is 0 Å². The van der Waals surface area contributed by atoms with Gasteiger partial charge >= 0.3 is 11.9 Å². The van der Waals surface area contributed by atoms with Gasteiger partial charge in [-0.25, -0.2) is 14.6 Å². The molecule has 1 atom stereocenters. The second-order valence-corrected chi connectivity index (χ2v) is 8.64. The Morgan fingerprint density at radius 3 is 2.29 bits per heavy atom. The Balaban J connectivity index is 0.00000507. The van der Waals surface area contributed by atoms with E-state index in [1.54, 1.807) is 36.4 Å². The lowest BCUT2D eigenvalue weighted by Crippen LogP contribution is -2.42. The Hall–Kier alpha value is -4.08. The summed E-state index contributed by atoms with van der Waals surface area (Å²) in [5, 5.41) is 12.4. The molecule has 0 unspecified atom stereocenters. The smallest absolute Gasteiger partial charge is 0.343 e. The van der Waals surface area contributed by atoms with E-state index >= 15 is 0 Å². The van der Waals surface area contributed by atoms with Gasteiger partial charge in [-0.1, -0.05) is 48.0 Å². The van der Waals surface area contributed by atoms with Gasteiger partial charge in [0.05, 0.1) is 11.3 Å². The van der Waals surface area contributed by atoms with Gasteiger partial charge in [0.2, 0.25) is 5.91 Å². The van der Waals surface area contributed by atoms with Gasteiger partial charge in [0.1, 0.15) is 11.8 Å². The van der Waals surface area contributed by atoms with Crippen molar-refractivity contribution in [2.24, 2.45) is 16.5 Å². The molecule has 0 spiro atoms. The number of hydrogen-bond acceptors (Lipinski definition) is 5. The van der Waals surface area contributed by atoms with E-state index in [1.165, 1.54) is 6.07 Å². The molecule has 11 heteroatoms. The molecule has 38 heavy (non-hydrogen) atoms. The van der Waals surface area contributed by atoms with Crippen LogP contribution in [0.15, 0.2) is 77.8 Å². The van der Waals surface area contributed by atoms with Crippen LogP contribution in [0.3, 0.4) is 0 Å². The summed E-state index contributed by atoms with van der Waals surface area (Å²) in [6, 6.07) is 19.2. The van der Waals surface area contributed by atoms with E-state index in [-0.39, 0.29) is 42.9 Å². The van der Waals surface area contributed by atoms with Gasteiger partial charge < -0.3 is 26.6 Å². The number of benzene rings is 3. The zero-order valence-corrected chi connectivity index (χ0v) is 21.9. The summed E-state index contributed by atoms with van der Waals surface area (Å²) in [5.74, 6) is -1.82. The number of carboxylic acids is 1. The highest BCUT2D eigenvalue weighted by molar-refractivity contribution is 6.31. The van der Waals surface area contributed by atoms with E-state index in [9.17, 15) is 19.5 Å². The van der Waals surface area contributed by atoms with Crippen molar-refractivity contribution in [3.8, 4) is 5.75 Å². The van der Waals surface area contributed by atoms with Gasteiger partial charge in [-0.15, -0.1) is 12.4 Å². The Morgan fingerprint density at radius 2 is 1.68 bits per heavy atom. The molecule has 200 valence electrons. The van der Waals surface area contributed by atoms with Gasteiger partial charge in [-0.2, -0.15) is 0 Å². The van der Waals surface area contributed by atoms with Gasteiger partial charge in [0, 0.05) is 17.9 Å². The van der Waals surface area contributed by atoms with Crippen LogP contribution in [0.1, 0.15) is 34.3 Å². The van der Waals surface area contributed by atoms with E-state index < -0.39 is 18.0 Å². The fourth-order valence-corrected chi connectivity index (χ4v) is 3.80. The maximum Gasteiger partial charge on any atom is 0.343 e. The van der Waals surface area contributed by atoms with Gasteiger partial charge in [0.15, 0.2) is 5.96 Å². The molecule has 0 fully saturated rings. The number of aliphatic imine (C=N–C) groups is 1. The van der Waals surface area contributed by atoms with E-state index in [2.05, 4.69) is 10.3 Å². The summed E-state index contributed by atoms with van der Waals surface area (Å²) < 4.78 is 5.39. The summed E-state index contributed by atoms with van der Waals surface area (Å²) in [6.45, 7) is 0. The average Bonchev–Trinajstić information content (AvgIpc) is 2.85. The number of nitrogens with one attached hydrogen (secondary N) is 1. The maximum atomic E-state index is 12.4. The number of aryl methyl sites for hydroxylation is 1. The molecule has 0 heterocycles. The number of ether oxygens (including phenoxy) is 1. The number of nitrogens with zero attached hydrogens (tertiary/aromatic N) is 1. The highest BCUT2D eigenvalue weighted by Crippen LogP contribution is 2.25. The highest BCUT2D eigenvalue weighted by atomic mass is 35.5. The number of nitrogens with two attached hydrogens (primary N) is 2. The van der Waals surface area contributed by atoms with Crippen molar-refractivity contribution in [1.29, 1.82) is 0 Å². The highest BCUT2D eigenvalue weighted by Gasteiger charge is 2.20. The van der Waals surface area contributed by atoms with E-state index in [0.717, 1.165) is 11.1 Å². The van der Waals surface area contributed by atoms with Crippen LogP contribution in [0.2, 0.25) is 5.02 Å². The molecule has 3 aromatic rings. The molecule has 0 saturated heterocycles. The summed E-state index contributed by atoms with van der Waals surface area (Å²) in [7, 11) is 0. The number of hydrogen-bond donors (Lipinski definition) is 4. The van der Waals surface area contributed by atoms with Crippen LogP contribution in [0.5, 0.6) is 5.75 Å². The molecule has 0 saturated carbocycles. The van der Waals surface area contributed by atoms with Crippen LogP contribution in [-0.2, 0) is 22.4 Å². The first-order valence-electron chi connectivity index (χ1n) is 11.5. The third kappa shape index (κ3) is 9.42. The predicted octanol–water partition coefficient (Wildman–Crippen LogP) is 4.02. The van der Waals surface area contributed by atoms with Crippen molar-refractivity contribution >= 4 is 53.5 Å². The number of carbonyl (C=O) groups is 3. The molecule has 0 aliphatic heterocycles. The van der Waals surface area contributed by atoms with Gasteiger partial charge in [-0.3, -0.25) is 4.79 Å². The van der Waals surface area contributed by atoms with Gasteiger partial charge in [0.25, 0.3) is 0 Å². The minimum Gasteiger partial charge on any atom is -0.480 e. The van der Waals surface area contributed by atoms with Crippen LogP contribution in [-0.4, -0.2) is 35.0 Å². The largest absolute Gasteiger partial charge is 0.480 e. The Kier molecular flexibility index (Phi) is 11.6. The fraction of sp³-hybridized carbons (Fsp3) is 0.185. The maximum absolute atomic E-state index is 12.4. The average molecular weight is 559 g/mol. The molecule has 1 amide bonds. The van der Waals surface area contributed by atoms with Crippen LogP contribution in [0, 0.1) is 0 Å². The summed E-state index contributed by atoms with van der Waals surface area (Å²) in [4.78, 5) is 40.2. The number of halogens is 2. The molecule has 0 aliphatic carbocycles. The number of esters is 1. The Bertz CT molecular complexity index is 1280. The molecule has 0 aromatic heterocycles. The minimum absolute atomic E-state index is 0. The first-order valence-corrected chi connectivity index (χ1v) is 11.9. The molecule has 9 nitrogen and oxygen atoms in total. The standard InChI is InChI=1S/C27H27ClN4O5.ClH/c28-22-16-21(37-26(36)19-9-12-20(13-10-19)31-27(29)30)14-11-18(22)7-4-8-24(33)32-23(25(34)35)15-17-5-2-1-3-6-17;/h1-3,5-6,9-14,16,23H,4,7-8,15H2,(H,32,33)(H,34,35)(H4,29,30,31);1H/t23-;/m0./s1. The third-order valence-electron chi connectivity index (χ3n) is 5.36. The molecule has 0 aliphatic rings. The first kappa shape index (κ1) is 30.1. The topological polar surface area (TPSA) is 157 Å². The monoisotopic (exact) mass is 558 g/mol. The zero-order valence-electron chi connectivity index (χ0n) is 20.3. The van der Waals surface area contributed by atoms with E-state index in [1.807, 2.05) is 30.3 Å². The van der Waals surface area contributed by atoms with Crippen LogP contribution >= 0.6 is 24.0 Å².